The number of hydrogen-bond acceptors (Lipinski definition) is 5. The second kappa shape index (κ2) is 12.1. The Bertz CT molecular complexity index is 547. The number of hydrogen-bond donors (Lipinski definition) is 1. The van der Waals surface area contributed by atoms with E-state index >= 15 is 0 Å². The van der Waals surface area contributed by atoms with Crippen molar-refractivity contribution in [1.29, 1.82) is 0 Å². The lowest BCUT2D eigenvalue weighted by Gasteiger charge is -2.25. The monoisotopic (exact) mass is 495 g/mol. The molecule has 1 N–H and O–H groups in total. The van der Waals surface area contributed by atoms with Crippen LogP contribution in [0.1, 0.15) is 43.5 Å². The van der Waals surface area contributed by atoms with E-state index in [0.29, 0.717) is 5.92 Å². The lowest BCUT2D eigenvalue weighted by molar-refractivity contribution is 0.119. The van der Waals surface area contributed by atoms with Crippen molar-refractivity contribution in [2.24, 2.45) is 10.9 Å². The number of nitrogens with one attached hydrogen (secondary N) is 1. The Morgan fingerprint density at radius 2 is 2.12 bits per heavy atom. The standard InChI is InChI=1S/C18H33N5OS.HI/c1-14(11-23-8-6-7-9-23)10-20-18(19-3)22(4)12-16-13-25-17(21-16)15(2)24-5;/h13-15H,6-12H2,1-5H3,(H,19,20);1H. The van der Waals surface area contributed by atoms with Gasteiger partial charge in [0.15, 0.2) is 5.96 Å². The molecule has 150 valence electrons. The first kappa shape index (κ1) is 23.6. The van der Waals surface area contributed by atoms with Gasteiger partial charge >= 0.3 is 0 Å². The molecule has 8 heteroatoms. The smallest absolute Gasteiger partial charge is 0.193 e. The molecule has 1 aliphatic heterocycles. The highest BCUT2D eigenvalue weighted by Crippen LogP contribution is 2.20. The summed E-state index contributed by atoms with van der Waals surface area (Å²) < 4.78 is 5.34. The summed E-state index contributed by atoms with van der Waals surface area (Å²) in [6.45, 7) is 9.68. The number of rotatable bonds is 8. The fraction of sp³-hybridized carbons (Fsp3) is 0.778. The van der Waals surface area contributed by atoms with E-state index in [9.17, 15) is 0 Å². The van der Waals surface area contributed by atoms with Gasteiger partial charge in [-0.1, -0.05) is 6.92 Å². The molecule has 0 saturated carbocycles. The van der Waals surface area contributed by atoms with Gasteiger partial charge in [-0.15, -0.1) is 35.3 Å². The fourth-order valence-electron chi connectivity index (χ4n) is 3.12. The summed E-state index contributed by atoms with van der Waals surface area (Å²) in [5, 5.41) is 6.63. The van der Waals surface area contributed by atoms with E-state index in [0.717, 1.165) is 36.3 Å². The summed E-state index contributed by atoms with van der Waals surface area (Å²) in [5.74, 6) is 1.53. The summed E-state index contributed by atoms with van der Waals surface area (Å²) in [4.78, 5) is 13.8. The Morgan fingerprint density at radius 3 is 2.73 bits per heavy atom. The van der Waals surface area contributed by atoms with Gasteiger partial charge < -0.3 is 19.9 Å². The third-order valence-electron chi connectivity index (χ3n) is 4.62. The fourth-order valence-corrected chi connectivity index (χ4v) is 3.96. The maximum Gasteiger partial charge on any atom is 0.193 e. The Labute approximate surface area is 179 Å². The Morgan fingerprint density at radius 1 is 1.42 bits per heavy atom. The number of nitrogens with zero attached hydrogens (tertiary/aromatic N) is 4. The summed E-state index contributed by atoms with van der Waals surface area (Å²) in [6.07, 6.45) is 2.75. The van der Waals surface area contributed by atoms with Gasteiger partial charge in [-0.2, -0.15) is 0 Å². The van der Waals surface area contributed by atoms with Crippen LogP contribution in [0.5, 0.6) is 0 Å². The summed E-state index contributed by atoms with van der Waals surface area (Å²) in [6, 6.07) is 0. The molecule has 2 unspecified atom stereocenters. The molecular formula is C18H34IN5OS. The Balaban J connectivity index is 0.00000338. The van der Waals surface area contributed by atoms with Crippen LogP contribution in [0.4, 0.5) is 0 Å². The first-order valence-corrected chi connectivity index (χ1v) is 10.0. The van der Waals surface area contributed by atoms with Crippen LogP contribution in [0.2, 0.25) is 0 Å². The van der Waals surface area contributed by atoms with Gasteiger partial charge in [0.25, 0.3) is 0 Å². The molecule has 1 fully saturated rings. The van der Waals surface area contributed by atoms with Crippen molar-refractivity contribution in [2.45, 2.75) is 39.3 Å². The molecule has 0 aliphatic carbocycles. The molecular weight excluding hydrogens is 461 g/mol. The number of thiazole rings is 1. The van der Waals surface area contributed by atoms with Gasteiger partial charge in [0.1, 0.15) is 11.1 Å². The summed E-state index contributed by atoms with van der Waals surface area (Å²) >= 11 is 1.65. The van der Waals surface area contributed by atoms with E-state index in [1.165, 1.54) is 25.9 Å². The molecule has 2 heterocycles. The van der Waals surface area contributed by atoms with Crippen molar-refractivity contribution < 1.29 is 4.74 Å². The molecule has 2 atom stereocenters. The highest BCUT2D eigenvalue weighted by Gasteiger charge is 2.16. The minimum absolute atomic E-state index is 0. The van der Waals surface area contributed by atoms with Gasteiger partial charge in [-0.25, -0.2) is 4.98 Å². The number of ether oxygens (including phenoxy) is 1. The first-order chi connectivity index (χ1) is 12.0. The van der Waals surface area contributed by atoms with Crippen molar-refractivity contribution >= 4 is 41.3 Å². The highest BCUT2D eigenvalue weighted by molar-refractivity contribution is 14.0. The van der Waals surface area contributed by atoms with Crippen molar-refractivity contribution in [3.8, 4) is 0 Å². The highest BCUT2D eigenvalue weighted by atomic mass is 127. The second-order valence-electron chi connectivity index (χ2n) is 6.95. The Kier molecular flexibility index (Phi) is 11.0. The second-order valence-corrected chi connectivity index (χ2v) is 7.84. The normalized spacial score (nSPS) is 17.7. The maximum atomic E-state index is 5.34. The van der Waals surface area contributed by atoms with E-state index in [4.69, 9.17) is 4.74 Å². The predicted octanol–water partition coefficient (Wildman–Crippen LogP) is 3.21. The van der Waals surface area contributed by atoms with E-state index < -0.39 is 0 Å². The number of aromatic nitrogens is 1. The third kappa shape index (κ3) is 7.28. The van der Waals surface area contributed by atoms with Crippen molar-refractivity contribution in [1.82, 2.24) is 20.1 Å². The maximum absolute atomic E-state index is 5.34. The zero-order valence-corrected chi connectivity index (χ0v) is 19.8. The number of methoxy groups -OCH3 is 1. The van der Waals surface area contributed by atoms with Crippen LogP contribution in [0.3, 0.4) is 0 Å². The molecule has 1 aromatic heterocycles. The van der Waals surface area contributed by atoms with Crippen LogP contribution < -0.4 is 5.32 Å². The van der Waals surface area contributed by atoms with Gasteiger partial charge in [-0.3, -0.25) is 4.99 Å². The molecule has 0 bridgehead atoms. The van der Waals surface area contributed by atoms with Gasteiger partial charge in [0.05, 0.1) is 12.2 Å². The first-order valence-electron chi connectivity index (χ1n) is 9.14. The van der Waals surface area contributed by atoms with Crippen LogP contribution >= 0.6 is 35.3 Å². The Hall–Kier alpha value is -0.450. The minimum atomic E-state index is 0. The van der Waals surface area contributed by atoms with Crippen molar-refractivity contribution in [3.05, 3.63) is 16.1 Å². The average Bonchev–Trinajstić information content (AvgIpc) is 3.26. The van der Waals surface area contributed by atoms with E-state index in [2.05, 4.69) is 44.4 Å². The lowest BCUT2D eigenvalue weighted by Crippen LogP contribution is -2.42. The lowest BCUT2D eigenvalue weighted by atomic mass is 10.1. The molecule has 2 rings (SSSR count). The van der Waals surface area contributed by atoms with Crippen LogP contribution in [0, 0.1) is 5.92 Å². The third-order valence-corrected chi connectivity index (χ3v) is 5.68. The topological polar surface area (TPSA) is 53.0 Å². The van der Waals surface area contributed by atoms with Crippen molar-refractivity contribution in [3.63, 3.8) is 0 Å². The zero-order valence-electron chi connectivity index (χ0n) is 16.7. The van der Waals surface area contributed by atoms with Crippen LogP contribution in [0.25, 0.3) is 0 Å². The van der Waals surface area contributed by atoms with Gasteiger partial charge in [-0.05, 0) is 38.8 Å². The predicted molar refractivity (Wildman–Crippen MR) is 121 cm³/mol. The molecule has 26 heavy (non-hydrogen) atoms. The zero-order chi connectivity index (χ0) is 18.2. The number of likely N-dealkylation sites (tertiary alicyclic amines) is 1. The number of halogens is 1. The van der Waals surface area contributed by atoms with Gasteiger partial charge in [0, 0.05) is 39.7 Å². The molecule has 0 spiro atoms. The van der Waals surface area contributed by atoms with Crippen molar-refractivity contribution in [2.75, 3.05) is 47.4 Å². The van der Waals surface area contributed by atoms with Crippen LogP contribution in [-0.2, 0) is 11.3 Å². The molecule has 0 radical (unpaired) electrons. The largest absolute Gasteiger partial charge is 0.375 e. The van der Waals surface area contributed by atoms with E-state index in [1.54, 1.807) is 18.4 Å². The van der Waals surface area contributed by atoms with E-state index in [1.807, 2.05) is 14.0 Å². The molecule has 1 aromatic rings. The summed E-state index contributed by atoms with van der Waals surface area (Å²) in [5.41, 5.74) is 1.06. The van der Waals surface area contributed by atoms with Crippen LogP contribution in [0.15, 0.2) is 10.4 Å². The number of guanidine groups is 1. The van der Waals surface area contributed by atoms with Crippen LogP contribution in [-0.4, -0.2) is 68.1 Å². The summed E-state index contributed by atoms with van der Waals surface area (Å²) in [7, 11) is 5.61. The van der Waals surface area contributed by atoms with E-state index in [-0.39, 0.29) is 30.1 Å². The quantitative estimate of drug-likeness (QED) is 0.341. The minimum Gasteiger partial charge on any atom is -0.375 e. The molecule has 0 aromatic carbocycles. The molecule has 1 saturated heterocycles. The SMILES string of the molecule is CN=C(NCC(C)CN1CCCC1)N(C)Cc1csc(C(C)OC)n1.I. The molecule has 0 amide bonds. The average molecular weight is 495 g/mol. The molecule has 6 nitrogen and oxygen atoms in total. The number of aliphatic imine (C=N–C) groups is 1. The molecule has 1 aliphatic rings. The van der Waals surface area contributed by atoms with Gasteiger partial charge in [0.2, 0.25) is 0 Å².